The highest BCUT2D eigenvalue weighted by molar-refractivity contribution is 7.91. The molecule has 0 amide bonds. The van der Waals surface area contributed by atoms with Crippen molar-refractivity contribution in [3.05, 3.63) is 29.8 Å². The lowest BCUT2D eigenvalue weighted by molar-refractivity contribution is 0.123. The van der Waals surface area contributed by atoms with Gasteiger partial charge in [0.25, 0.3) is 10.0 Å². The van der Waals surface area contributed by atoms with E-state index in [1.165, 1.54) is 22.8 Å². The molecule has 1 aliphatic heterocycles. The Morgan fingerprint density at radius 2 is 2.26 bits per heavy atom. The highest BCUT2D eigenvalue weighted by Crippen LogP contribution is 2.25. The summed E-state index contributed by atoms with van der Waals surface area (Å²) in [7, 11) is -1.96. The van der Waals surface area contributed by atoms with Crippen LogP contribution < -0.4 is 9.47 Å². The first-order chi connectivity index (χ1) is 11.1. The van der Waals surface area contributed by atoms with Crippen molar-refractivity contribution in [1.82, 2.24) is 14.3 Å². The molecule has 3 rings (SSSR count). The van der Waals surface area contributed by atoms with Gasteiger partial charge in [0.1, 0.15) is 10.3 Å². The second-order valence-electron chi connectivity index (χ2n) is 5.06. The van der Waals surface area contributed by atoms with Crippen LogP contribution in [0.1, 0.15) is 12.8 Å². The van der Waals surface area contributed by atoms with Crippen molar-refractivity contribution >= 4 is 21.4 Å². The molecule has 23 heavy (non-hydrogen) atoms. The van der Waals surface area contributed by atoms with E-state index in [9.17, 15) is 8.42 Å². The SMILES string of the molecule is COc1nccc(OC2CCCN(S(=O)(=O)c3cccs3)C2)n1. The van der Waals surface area contributed by atoms with Crippen LogP contribution in [0.4, 0.5) is 0 Å². The lowest BCUT2D eigenvalue weighted by Crippen LogP contribution is -2.44. The summed E-state index contributed by atoms with van der Waals surface area (Å²) in [5.41, 5.74) is 0. The molecule has 0 aromatic carbocycles. The zero-order chi connectivity index (χ0) is 16.3. The van der Waals surface area contributed by atoms with Crippen LogP contribution in [-0.4, -0.2) is 49.0 Å². The first-order valence-corrected chi connectivity index (χ1v) is 9.49. The van der Waals surface area contributed by atoms with E-state index < -0.39 is 10.0 Å². The van der Waals surface area contributed by atoms with Crippen molar-refractivity contribution in [1.29, 1.82) is 0 Å². The summed E-state index contributed by atoms with van der Waals surface area (Å²) < 4.78 is 37.8. The van der Waals surface area contributed by atoms with Crippen molar-refractivity contribution in [2.24, 2.45) is 0 Å². The van der Waals surface area contributed by atoms with E-state index in [2.05, 4.69) is 9.97 Å². The molecule has 1 atom stereocenters. The minimum atomic E-state index is -3.44. The summed E-state index contributed by atoms with van der Waals surface area (Å²) in [6.45, 7) is 0.819. The molecule has 124 valence electrons. The fraction of sp³-hybridized carbons (Fsp3) is 0.429. The molecule has 1 aliphatic rings. The van der Waals surface area contributed by atoms with Gasteiger partial charge in [-0.3, -0.25) is 0 Å². The van der Waals surface area contributed by atoms with Gasteiger partial charge in [-0.15, -0.1) is 11.3 Å². The van der Waals surface area contributed by atoms with E-state index in [0.717, 1.165) is 12.8 Å². The molecular weight excluding hydrogens is 338 g/mol. The molecule has 9 heteroatoms. The molecule has 0 saturated carbocycles. The molecular formula is C14H17N3O4S2. The van der Waals surface area contributed by atoms with Crippen LogP contribution in [0.2, 0.25) is 0 Å². The topological polar surface area (TPSA) is 81.6 Å². The van der Waals surface area contributed by atoms with Crippen molar-refractivity contribution in [2.75, 3.05) is 20.2 Å². The summed E-state index contributed by atoms with van der Waals surface area (Å²) >= 11 is 1.23. The average Bonchev–Trinajstić information content (AvgIpc) is 3.10. The quantitative estimate of drug-likeness (QED) is 0.813. The predicted molar refractivity (Wildman–Crippen MR) is 85.3 cm³/mol. The number of hydrogen-bond acceptors (Lipinski definition) is 7. The molecule has 0 spiro atoms. The molecule has 0 N–H and O–H groups in total. The molecule has 1 unspecified atom stereocenters. The van der Waals surface area contributed by atoms with E-state index in [4.69, 9.17) is 9.47 Å². The third-order valence-corrected chi connectivity index (χ3v) is 6.75. The minimum absolute atomic E-state index is 0.223. The molecule has 0 radical (unpaired) electrons. The van der Waals surface area contributed by atoms with Gasteiger partial charge in [0.15, 0.2) is 0 Å². The molecule has 2 aromatic heterocycles. The van der Waals surface area contributed by atoms with Crippen LogP contribution in [0.25, 0.3) is 0 Å². The van der Waals surface area contributed by atoms with Gasteiger partial charge in [-0.25, -0.2) is 13.4 Å². The second kappa shape index (κ2) is 6.81. The largest absolute Gasteiger partial charge is 0.473 e. The Morgan fingerprint density at radius 3 is 3.00 bits per heavy atom. The van der Waals surface area contributed by atoms with Crippen LogP contribution in [0.3, 0.4) is 0 Å². The predicted octanol–water partition coefficient (Wildman–Crippen LogP) is 1.78. The summed E-state index contributed by atoms with van der Waals surface area (Å²) in [5, 5.41) is 1.76. The number of sulfonamides is 1. The summed E-state index contributed by atoms with van der Waals surface area (Å²) in [4.78, 5) is 8.02. The number of aromatic nitrogens is 2. The van der Waals surface area contributed by atoms with E-state index >= 15 is 0 Å². The Labute approximate surface area is 138 Å². The summed E-state index contributed by atoms with van der Waals surface area (Å²) in [5.74, 6) is 0.386. The van der Waals surface area contributed by atoms with Crippen LogP contribution >= 0.6 is 11.3 Å². The first-order valence-electron chi connectivity index (χ1n) is 7.17. The van der Waals surface area contributed by atoms with E-state index in [0.29, 0.717) is 23.2 Å². The third-order valence-electron chi connectivity index (χ3n) is 3.51. The number of hydrogen-bond donors (Lipinski definition) is 0. The van der Waals surface area contributed by atoms with Gasteiger partial charge < -0.3 is 9.47 Å². The van der Waals surface area contributed by atoms with Gasteiger partial charge in [-0.1, -0.05) is 6.07 Å². The van der Waals surface area contributed by atoms with Crippen molar-refractivity contribution in [3.63, 3.8) is 0 Å². The van der Waals surface area contributed by atoms with Gasteiger partial charge in [0.2, 0.25) is 5.88 Å². The zero-order valence-corrected chi connectivity index (χ0v) is 14.2. The monoisotopic (exact) mass is 355 g/mol. The average molecular weight is 355 g/mol. The fourth-order valence-corrected chi connectivity index (χ4v) is 5.07. The Kier molecular flexibility index (Phi) is 4.79. The Bertz CT molecular complexity index is 749. The molecule has 1 fully saturated rings. The molecule has 3 heterocycles. The van der Waals surface area contributed by atoms with Crippen molar-refractivity contribution < 1.29 is 17.9 Å². The number of piperidine rings is 1. The van der Waals surface area contributed by atoms with Gasteiger partial charge in [-0.2, -0.15) is 9.29 Å². The van der Waals surface area contributed by atoms with E-state index in [1.54, 1.807) is 29.8 Å². The molecule has 0 aliphatic carbocycles. The minimum Gasteiger partial charge on any atom is -0.473 e. The smallest absolute Gasteiger partial charge is 0.319 e. The second-order valence-corrected chi connectivity index (χ2v) is 8.17. The van der Waals surface area contributed by atoms with Crippen molar-refractivity contribution in [2.45, 2.75) is 23.2 Å². The van der Waals surface area contributed by atoms with Gasteiger partial charge in [0, 0.05) is 18.8 Å². The maximum atomic E-state index is 12.6. The highest BCUT2D eigenvalue weighted by atomic mass is 32.2. The Balaban J connectivity index is 1.71. The van der Waals surface area contributed by atoms with E-state index in [1.807, 2.05) is 0 Å². The Morgan fingerprint density at radius 1 is 1.39 bits per heavy atom. The lowest BCUT2D eigenvalue weighted by atomic mass is 10.1. The Hall–Kier alpha value is -1.71. The molecule has 0 bridgehead atoms. The van der Waals surface area contributed by atoms with Crippen LogP contribution in [0.5, 0.6) is 11.9 Å². The van der Waals surface area contributed by atoms with Crippen molar-refractivity contribution in [3.8, 4) is 11.9 Å². The molecule has 7 nitrogen and oxygen atoms in total. The van der Waals surface area contributed by atoms with E-state index in [-0.39, 0.29) is 12.1 Å². The number of methoxy groups -OCH3 is 1. The third kappa shape index (κ3) is 3.62. The van der Waals surface area contributed by atoms with Gasteiger partial charge >= 0.3 is 6.01 Å². The number of thiophene rings is 1. The normalized spacial score (nSPS) is 19.4. The lowest BCUT2D eigenvalue weighted by Gasteiger charge is -2.31. The summed E-state index contributed by atoms with van der Waals surface area (Å²) in [6.07, 6.45) is 2.84. The fourth-order valence-electron chi connectivity index (χ4n) is 2.42. The standard InChI is InChI=1S/C14H17N3O4S2/c1-20-14-15-7-6-12(16-14)21-11-4-2-8-17(10-11)23(18,19)13-5-3-9-22-13/h3,5-7,9,11H,2,4,8,10H2,1H3. The highest BCUT2D eigenvalue weighted by Gasteiger charge is 2.31. The maximum Gasteiger partial charge on any atom is 0.319 e. The van der Waals surface area contributed by atoms with Gasteiger partial charge in [0.05, 0.1) is 13.7 Å². The first kappa shape index (κ1) is 16.2. The molecule has 2 aromatic rings. The summed E-state index contributed by atoms with van der Waals surface area (Å²) in [6, 6.07) is 5.22. The maximum absolute atomic E-state index is 12.6. The zero-order valence-electron chi connectivity index (χ0n) is 12.6. The van der Waals surface area contributed by atoms with Crippen LogP contribution in [0.15, 0.2) is 34.0 Å². The van der Waals surface area contributed by atoms with Crippen LogP contribution in [0, 0.1) is 0 Å². The number of rotatable bonds is 5. The number of nitrogens with zero attached hydrogens (tertiary/aromatic N) is 3. The van der Waals surface area contributed by atoms with Crippen LogP contribution in [-0.2, 0) is 10.0 Å². The number of ether oxygens (including phenoxy) is 2. The molecule has 1 saturated heterocycles. The van der Waals surface area contributed by atoms with Gasteiger partial charge in [-0.05, 0) is 24.3 Å².